The zero-order valence-electron chi connectivity index (χ0n) is 25.0. The smallest absolute Gasteiger partial charge is 0.550 e. The van der Waals surface area contributed by atoms with Gasteiger partial charge in [-0.05, 0) is 63.3 Å². The van der Waals surface area contributed by atoms with Crippen LogP contribution in [0.5, 0.6) is 0 Å². The molecule has 2 atom stereocenters. The quantitative estimate of drug-likeness (QED) is 0.148. The fourth-order valence-electron chi connectivity index (χ4n) is 5.08. The summed E-state index contributed by atoms with van der Waals surface area (Å²) in [5, 5.41) is 34.4. The summed E-state index contributed by atoms with van der Waals surface area (Å²) in [7, 11) is 0. The second-order valence-corrected chi connectivity index (χ2v) is 10.6. The molecule has 9 nitrogen and oxygen atoms in total. The van der Waals surface area contributed by atoms with Crippen LogP contribution in [0.1, 0.15) is 62.3 Å². The van der Waals surface area contributed by atoms with E-state index < -0.39 is 36.3 Å². The van der Waals surface area contributed by atoms with Gasteiger partial charge in [-0.15, -0.1) is 0 Å². The van der Waals surface area contributed by atoms with Gasteiger partial charge < -0.3 is 35.7 Å². The van der Waals surface area contributed by atoms with Crippen LogP contribution in [-0.4, -0.2) is 51.2 Å². The van der Waals surface area contributed by atoms with Gasteiger partial charge in [0, 0.05) is 47.0 Å². The van der Waals surface area contributed by atoms with E-state index in [1.165, 1.54) is 25.1 Å². The van der Waals surface area contributed by atoms with Crippen LogP contribution in [0.4, 0.5) is 4.39 Å². The van der Waals surface area contributed by atoms with Gasteiger partial charge in [-0.2, -0.15) is 0 Å². The van der Waals surface area contributed by atoms with E-state index in [9.17, 15) is 34.1 Å². The first kappa shape index (κ1) is 35.9. The van der Waals surface area contributed by atoms with Crippen molar-refractivity contribution < 1.29 is 63.7 Å². The molecule has 0 spiro atoms. The molecule has 0 aliphatic carbocycles. The first-order valence-electron chi connectivity index (χ1n) is 13.8. The van der Waals surface area contributed by atoms with Crippen LogP contribution in [0.2, 0.25) is 0 Å². The second kappa shape index (κ2) is 16.5. The van der Waals surface area contributed by atoms with Crippen molar-refractivity contribution in [2.45, 2.75) is 64.7 Å². The summed E-state index contributed by atoms with van der Waals surface area (Å²) in [6, 6.07) is 14.9. The number of benzene rings is 2. The van der Waals surface area contributed by atoms with Crippen molar-refractivity contribution in [3.05, 3.63) is 83.6 Å². The number of aliphatic hydroxyl groups is 2. The third-order valence-corrected chi connectivity index (χ3v) is 6.74. The average molecular weight is 602 g/mol. The molecule has 1 amide bonds. The summed E-state index contributed by atoms with van der Waals surface area (Å²) in [5.74, 6) is -2.53. The molecule has 1 aromatic heterocycles. The predicted octanol–water partition coefficient (Wildman–Crippen LogP) is -0.108. The third kappa shape index (κ3) is 9.87. The minimum Gasteiger partial charge on any atom is -0.550 e. The third-order valence-electron chi connectivity index (χ3n) is 6.74. The molecule has 3 rings (SSSR count). The molecule has 11 heteroatoms. The zero-order chi connectivity index (χ0) is 31.0. The van der Waals surface area contributed by atoms with E-state index in [1.54, 1.807) is 12.1 Å². The van der Waals surface area contributed by atoms with E-state index in [0.717, 1.165) is 5.56 Å². The minimum atomic E-state index is -1.41. The van der Waals surface area contributed by atoms with Gasteiger partial charge in [-0.1, -0.05) is 42.5 Å². The number of carboxylic acids is 1. The molecule has 0 aliphatic heterocycles. The number of aliphatic carboxylic acids is 1. The van der Waals surface area contributed by atoms with Crippen LogP contribution in [0, 0.1) is 5.82 Å². The Hall–Kier alpha value is -3.28. The Morgan fingerprint density at radius 1 is 1.00 bits per heavy atom. The van der Waals surface area contributed by atoms with Crippen molar-refractivity contribution >= 4 is 17.7 Å². The van der Waals surface area contributed by atoms with Crippen LogP contribution >= 0.6 is 0 Å². The normalized spacial score (nSPS) is 12.9. The van der Waals surface area contributed by atoms with Gasteiger partial charge in [-0.25, -0.2) is 4.39 Å². The van der Waals surface area contributed by atoms with Gasteiger partial charge in [0.15, 0.2) is 5.78 Å². The Bertz CT molecular complexity index is 1440. The van der Waals surface area contributed by atoms with E-state index in [4.69, 9.17) is 5.73 Å². The van der Waals surface area contributed by atoms with Gasteiger partial charge in [0.2, 0.25) is 0 Å². The Morgan fingerprint density at radius 3 is 2.16 bits per heavy atom. The summed E-state index contributed by atoms with van der Waals surface area (Å²) in [4.78, 5) is 36.2. The molecule has 2 aromatic carbocycles. The average Bonchev–Trinajstić information content (AvgIpc) is 3.26. The number of halogens is 1. The number of aromatic nitrogens is 1. The Morgan fingerprint density at radius 2 is 1.60 bits per heavy atom. The van der Waals surface area contributed by atoms with E-state index >= 15 is 0 Å². The van der Waals surface area contributed by atoms with Gasteiger partial charge in [0.25, 0.3) is 5.91 Å². The van der Waals surface area contributed by atoms with Crippen LogP contribution in [-0.2, 0) is 16.0 Å². The van der Waals surface area contributed by atoms with Gasteiger partial charge in [0.1, 0.15) is 11.5 Å². The molecule has 0 unspecified atom stereocenters. The Kier molecular flexibility index (Phi) is 13.8. The molecule has 0 radical (unpaired) electrons. The van der Waals surface area contributed by atoms with Crippen molar-refractivity contribution in [3.8, 4) is 22.3 Å². The molecule has 224 valence electrons. The number of rotatable bonds is 14. The van der Waals surface area contributed by atoms with Crippen molar-refractivity contribution in [1.29, 1.82) is 0 Å². The number of hydrogen-bond acceptors (Lipinski definition) is 7. The summed E-state index contributed by atoms with van der Waals surface area (Å²) in [6.45, 7) is 5.12. The molecule has 0 bridgehead atoms. The number of ketones is 1. The summed E-state index contributed by atoms with van der Waals surface area (Å²) in [5.41, 5.74) is 9.81. The van der Waals surface area contributed by atoms with Gasteiger partial charge in [-0.3, -0.25) is 9.59 Å². The monoisotopic (exact) mass is 601 g/mol. The molecule has 3 aromatic rings. The predicted molar refractivity (Wildman–Crippen MR) is 156 cm³/mol. The summed E-state index contributed by atoms with van der Waals surface area (Å²) >= 11 is 0. The van der Waals surface area contributed by atoms with Gasteiger partial charge in [0.05, 0.1) is 18.8 Å². The molecule has 1 heterocycles. The SMILES string of the molecule is CC(=O)/C=C(\N)CNC(=O)c1c(-c2ccccc2)c(-c2ccc(F)cc2)c(CC[C@@H](O)C[C@@H](O)CC(=O)[O-])n1C(C)C.[Na+]. The fraction of sp³-hybridized carbons (Fsp3) is 0.344. The summed E-state index contributed by atoms with van der Waals surface area (Å²) in [6.07, 6.45) is -1.42. The van der Waals surface area contributed by atoms with Crippen molar-refractivity contribution in [1.82, 2.24) is 9.88 Å². The number of amides is 1. The van der Waals surface area contributed by atoms with Crippen LogP contribution in [0.3, 0.4) is 0 Å². The molecule has 0 fully saturated rings. The zero-order valence-corrected chi connectivity index (χ0v) is 27.0. The number of aliphatic hydroxyl groups excluding tert-OH is 2. The van der Waals surface area contributed by atoms with Crippen LogP contribution in [0.15, 0.2) is 66.4 Å². The molecule has 0 saturated heterocycles. The van der Waals surface area contributed by atoms with Crippen molar-refractivity contribution in [2.24, 2.45) is 5.73 Å². The molecule has 5 N–H and O–H groups in total. The number of carbonyl (C=O) groups excluding carboxylic acids is 3. The number of nitrogens with two attached hydrogens (primary N) is 1. The standard InChI is InChI=1S/C32H38FN3O6.Na/c1-19(2)36-27(14-13-25(38)16-26(39)17-28(40)41)29(22-9-11-23(33)12-10-22)30(21-7-5-4-6-8-21)31(36)32(42)35-18-24(34)15-20(3)37;/h4-12,15,19,25-26,38-39H,13-14,16-18,34H2,1-3H3,(H,35,42)(H,40,41);/q;+1/p-1/b24-15-;/t25-,26-;/m1./s1. The molecular weight excluding hydrogens is 564 g/mol. The number of hydrogen-bond donors (Lipinski definition) is 4. The van der Waals surface area contributed by atoms with E-state index in [-0.39, 0.29) is 72.9 Å². The second-order valence-electron chi connectivity index (χ2n) is 10.6. The van der Waals surface area contributed by atoms with Crippen LogP contribution < -0.4 is 45.7 Å². The maximum absolute atomic E-state index is 14.0. The maximum Gasteiger partial charge on any atom is 1.00 e. The van der Waals surface area contributed by atoms with E-state index in [0.29, 0.717) is 28.1 Å². The Labute approximate surface area is 272 Å². The fourth-order valence-corrected chi connectivity index (χ4v) is 5.08. The molecule has 0 aliphatic rings. The van der Waals surface area contributed by atoms with Crippen molar-refractivity contribution in [3.63, 3.8) is 0 Å². The maximum atomic E-state index is 14.0. The number of carbonyl (C=O) groups is 3. The molecule has 0 saturated carbocycles. The van der Waals surface area contributed by atoms with E-state index in [2.05, 4.69) is 5.32 Å². The number of nitrogens with one attached hydrogen (secondary N) is 1. The first-order chi connectivity index (χ1) is 19.9. The number of allylic oxidation sites excluding steroid dienone is 1. The largest absolute Gasteiger partial charge is 1.00 e. The molecular formula is C32H37FN3NaO6. The topological polar surface area (TPSA) is 158 Å². The Balaban J connectivity index is 0.00000645. The van der Waals surface area contributed by atoms with Crippen molar-refractivity contribution in [2.75, 3.05) is 6.54 Å². The molecule has 43 heavy (non-hydrogen) atoms. The van der Waals surface area contributed by atoms with E-state index in [1.807, 2.05) is 48.7 Å². The number of nitrogens with zero attached hydrogens (tertiary/aromatic N) is 1. The van der Waals surface area contributed by atoms with Crippen LogP contribution in [0.25, 0.3) is 22.3 Å². The number of carboxylic acid groups (broad SMARTS) is 1. The first-order valence-corrected chi connectivity index (χ1v) is 13.8. The summed E-state index contributed by atoms with van der Waals surface area (Å²) < 4.78 is 15.9. The van der Waals surface area contributed by atoms with Gasteiger partial charge >= 0.3 is 29.6 Å². The minimum absolute atomic E-state index is 0.